The summed E-state index contributed by atoms with van der Waals surface area (Å²) in [4.78, 5) is 31.0. The molecule has 1 fully saturated rings. The average molecular weight is 483 g/mol. The Kier molecular flexibility index (Phi) is 5.66. The van der Waals surface area contributed by atoms with Crippen molar-refractivity contribution >= 4 is 34.1 Å². The molecule has 0 radical (unpaired) electrons. The highest BCUT2D eigenvalue weighted by atomic mass is 35.5. The van der Waals surface area contributed by atoms with Crippen LogP contribution in [0.1, 0.15) is 43.5 Å². The van der Waals surface area contributed by atoms with Gasteiger partial charge in [-0.15, -0.1) is 0 Å². The molecular formula is C22H23ClN8O3. The number of aromatic nitrogens is 6. The minimum Gasteiger partial charge on any atom is -0.396 e. The molecule has 1 atom stereocenters. The average Bonchev–Trinajstić information content (AvgIpc) is 3.20. The van der Waals surface area contributed by atoms with Crippen LogP contribution in [0.15, 0.2) is 33.8 Å². The molecular weight excluding hydrogens is 460 g/mol. The third-order valence-corrected chi connectivity index (χ3v) is 6.41. The molecule has 4 N–H and O–H groups in total. The maximum Gasteiger partial charge on any atom is 0.265 e. The van der Waals surface area contributed by atoms with Crippen LogP contribution in [0.4, 0.5) is 11.6 Å². The van der Waals surface area contributed by atoms with Crippen molar-refractivity contribution in [2.45, 2.75) is 38.8 Å². The van der Waals surface area contributed by atoms with Gasteiger partial charge in [-0.05, 0) is 44.7 Å². The Bertz CT molecular complexity index is 1430. The molecule has 34 heavy (non-hydrogen) atoms. The molecule has 0 aliphatic heterocycles. The van der Waals surface area contributed by atoms with Gasteiger partial charge in [-0.3, -0.25) is 9.36 Å². The van der Waals surface area contributed by atoms with E-state index in [1.165, 1.54) is 6.33 Å². The zero-order valence-corrected chi connectivity index (χ0v) is 19.3. The second-order valence-electron chi connectivity index (χ2n) is 8.45. The molecule has 1 unspecified atom stereocenters. The number of anilines is 2. The molecule has 0 spiro atoms. The number of aliphatic hydroxyl groups excluding tert-OH is 1. The van der Waals surface area contributed by atoms with E-state index < -0.39 is 6.04 Å². The molecule has 1 aromatic carbocycles. The van der Waals surface area contributed by atoms with E-state index in [1.807, 2.05) is 6.92 Å². The van der Waals surface area contributed by atoms with Crippen molar-refractivity contribution in [2.24, 2.45) is 5.92 Å². The molecule has 0 bridgehead atoms. The first-order valence-corrected chi connectivity index (χ1v) is 11.2. The Morgan fingerprint density at radius 3 is 2.82 bits per heavy atom. The maximum atomic E-state index is 13.6. The molecule has 176 valence electrons. The van der Waals surface area contributed by atoms with Gasteiger partial charge in [0.25, 0.3) is 11.4 Å². The van der Waals surface area contributed by atoms with E-state index in [1.54, 1.807) is 29.7 Å². The van der Waals surface area contributed by atoms with Gasteiger partial charge in [-0.25, -0.2) is 15.0 Å². The summed E-state index contributed by atoms with van der Waals surface area (Å²) < 4.78 is 6.97. The Morgan fingerprint density at radius 2 is 2.12 bits per heavy atom. The highest BCUT2D eigenvalue weighted by Crippen LogP contribution is 2.39. The van der Waals surface area contributed by atoms with Crippen molar-refractivity contribution in [1.29, 1.82) is 0 Å². The highest BCUT2D eigenvalue weighted by molar-refractivity contribution is 6.35. The zero-order chi connectivity index (χ0) is 24.0. The number of nitrogen functional groups attached to an aromatic ring is 1. The number of hydrogen-bond acceptors (Lipinski definition) is 10. The number of nitrogens with zero attached hydrogens (tertiary/aromatic N) is 6. The first-order valence-electron chi connectivity index (χ1n) is 10.9. The van der Waals surface area contributed by atoms with Gasteiger partial charge in [0, 0.05) is 12.6 Å². The van der Waals surface area contributed by atoms with Crippen LogP contribution in [-0.4, -0.2) is 41.4 Å². The Labute approximate surface area is 199 Å². The summed E-state index contributed by atoms with van der Waals surface area (Å²) in [6, 6.07) is 4.65. The lowest BCUT2D eigenvalue weighted by Gasteiger charge is -2.37. The maximum absolute atomic E-state index is 13.6. The summed E-state index contributed by atoms with van der Waals surface area (Å²) in [6.07, 6.45) is 2.69. The molecule has 3 heterocycles. The van der Waals surface area contributed by atoms with Gasteiger partial charge >= 0.3 is 0 Å². The van der Waals surface area contributed by atoms with Crippen LogP contribution < -0.4 is 16.6 Å². The minimum absolute atomic E-state index is 0.0866. The standard InChI is InChI=1S/C22H23ClN8O3/c1-10(27-19-17(18(24)25-9-26-19)21-28-11(2)30-34-21)20-29-15-5-3-4-14(23)16(15)22(33)31(20)13-6-12(7-13)8-32/h3-5,9-10,12-13,32H,6-8H2,1-2H3,(H3,24,25,26,27). The van der Waals surface area contributed by atoms with Crippen molar-refractivity contribution < 1.29 is 9.63 Å². The molecule has 1 aliphatic carbocycles. The van der Waals surface area contributed by atoms with Crippen LogP contribution in [0, 0.1) is 12.8 Å². The lowest BCUT2D eigenvalue weighted by atomic mass is 9.80. The molecule has 1 saturated carbocycles. The summed E-state index contributed by atoms with van der Waals surface area (Å²) in [5.41, 5.74) is 6.77. The predicted molar refractivity (Wildman–Crippen MR) is 126 cm³/mol. The zero-order valence-electron chi connectivity index (χ0n) is 18.6. The summed E-state index contributed by atoms with van der Waals surface area (Å²) in [5, 5.41) is 17.3. The molecule has 12 heteroatoms. The normalized spacial score (nSPS) is 18.6. The number of halogens is 1. The highest BCUT2D eigenvalue weighted by Gasteiger charge is 2.34. The van der Waals surface area contributed by atoms with E-state index in [4.69, 9.17) is 26.8 Å². The summed E-state index contributed by atoms with van der Waals surface area (Å²) >= 11 is 6.36. The number of aliphatic hydroxyl groups is 1. The van der Waals surface area contributed by atoms with Crippen molar-refractivity contribution in [3.05, 3.63) is 51.6 Å². The number of hydrogen-bond donors (Lipinski definition) is 3. The van der Waals surface area contributed by atoms with Crippen LogP contribution in [0.3, 0.4) is 0 Å². The molecule has 0 saturated heterocycles. The fourth-order valence-corrected chi connectivity index (χ4v) is 4.58. The van der Waals surface area contributed by atoms with Gasteiger partial charge < -0.3 is 20.7 Å². The summed E-state index contributed by atoms with van der Waals surface area (Å²) in [6.45, 7) is 3.66. The molecule has 3 aromatic heterocycles. The summed E-state index contributed by atoms with van der Waals surface area (Å²) in [5.74, 6) is 1.86. The fourth-order valence-electron chi connectivity index (χ4n) is 4.33. The van der Waals surface area contributed by atoms with E-state index >= 15 is 0 Å². The number of benzene rings is 1. The topological polar surface area (TPSA) is 158 Å². The third kappa shape index (κ3) is 3.76. The molecule has 4 aromatic rings. The Balaban J connectivity index is 1.60. The fraction of sp³-hybridized carbons (Fsp3) is 0.364. The van der Waals surface area contributed by atoms with Gasteiger partial charge in [-0.2, -0.15) is 4.98 Å². The quantitative estimate of drug-likeness (QED) is 0.373. The minimum atomic E-state index is -0.457. The van der Waals surface area contributed by atoms with Crippen LogP contribution in [-0.2, 0) is 0 Å². The van der Waals surface area contributed by atoms with E-state index in [0.29, 0.717) is 51.8 Å². The van der Waals surface area contributed by atoms with Gasteiger partial charge in [0.05, 0.1) is 22.0 Å². The predicted octanol–water partition coefficient (Wildman–Crippen LogP) is 2.90. The van der Waals surface area contributed by atoms with Crippen LogP contribution >= 0.6 is 11.6 Å². The van der Waals surface area contributed by atoms with E-state index in [-0.39, 0.29) is 35.8 Å². The molecule has 5 rings (SSSR count). The van der Waals surface area contributed by atoms with Crippen LogP contribution in [0.5, 0.6) is 0 Å². The van der Waals surface area contributed by atoms with Crippen molar-refractivity contribution in [3.8, 4) is 11.5 Å². The summed E-state index contributed by atoms with van der Waals surface area (Å²) in [7, 11) is 0. The van der Waals surface area contributed by atoms with Gasteiger partial charge in [-0.1, -0.05) is 22.8 Å². The largest absolute Gasteiger partial charge is 0.396 e. The van der Waals surface area contributed by atoms with Gasteiger partial charge in [0.15, 0.2) is 5.82 Å². The monoisotopic (exact) mass is 482 g/mol. The number of nitrogens with two attached hydrogens (primary N) is 1. The Hall–Kier alpha value is -3.57. The lowest BCUT2D eigenvalue weighted by molar-refractivity contribution is 0.108. The van der Waals surface area contributed by atoms with Gasteiger partial charge in [0.2, 0.25) is 0 Å². The molecule has 11 nitrogen and oxygen atoms in total. The van der Waals surface area contributed by atoms with Crippen LogP contribution in [0.2, 0.25) is 5.02 Å². The number of fused-ring (bicyclic) bond motifs is 1. The van der Waals surface area contributed by atoms with E-state index in [9.17, 15) is 9.90 Å². The van der Waals surface area contributed by atoms with E-state index in [2.05, 4.69) is 25.4 Å². The first-order chi connectivity index (χ1) is 16.4. The number of rotatable bonds is 6. The van der Waals surface area contributed by atoms with Crippen molar-refractivity contribution in [2.75, 3.05) is 17.7 Å². The lowest BCUT2D eigenvalue weighted by Crippen LogP contribution is -2.39. The first kappa shape index (κ1) is 22.2. The second-order valence-corrected chi connectivity index (χ2v) is 8.86. The second kappa shape index (κ2) is 8.65. The van der Waals surface area contributed by atoms with Crippen LogP contribution in [0.25, 0.3) is 22.4 Å². The Morgan fingerprint density at radius 1 is 1.32 bits per heavy atom. The van der Waals surface area contributed by atoms with E-state index in [0.717, 1.165) is 0 Å². The molecule has 0 amide bonds. The number of nitrogens with one attached hydrogen (secondary N) is 1. The van der Waals surface area contributed by atoms with Gasteiger partial charge in [0.1, 0.15) is 29.4 Å². The van der Waals surface area contributed by atoms with Crippen molar-refractivity contribution in [3.63, 3.8) is 0 Å². The SMILES string of the molecule is Cc1noc(-c2c(N)ncnc2NC(C)c2nc3cccc(Cl)c3c(=O)n2C2CC(CO)C2)n1. The smallest absolute Gasteiger partial charge is 0.265 e. The third-order valence-electron chi connectivity index (χ3n) is 6.10. The number of aryl methyl sites for hydroxylation is 1. The van der Waals surface area contributed by atoms with Crippen molar-refractivity contribution in [1.82, 2.24) is 29.7 Å². The molecule has 1 aliphatic rings.